The fraction of sp³-hybridized carbons (Fsp3) is 1.00. The van der Waals surface area contributed by atoms with Crippen LogP contribution in [0.4, 0.5) is 0 Å². The van der Waals surface area contributed by atoms with E-state index in [2.05, 4.69) is 0 Å². The quantitative estimate of drug-likeness (QED) is 0.767. The van der Waals surface area contributed by atoms with Crippen LogP contribution in [0.1, 0.15) is 38.5 Å². The number of aliphatic hydroxyl groups is 1. The highest BCUT2D eigenvalue weighted by Gasteiger charge is 2.16. The molecule has 5 heteroatoms. The van der Waals surface area contributed by atoms with Gasteiger partial charge in [0.15, 0.2) is 0 Å². The van der Waals surface area contributed by atoms with E-state index in [4.69, 9.17) is 4.74 Å². The Bertz CT molecular complexity index is 280. The topological polar surface area (TPSA) is 63.6 Å². The molecular weight excluding hydrogens is 228 g/mol. The summed E-state index contributed by atoms with van der Waals surface area (Å²) in [7, 11) is -2.95. The Morgan fingerprint density at radius 2 is 2.12 bits per heavy atom. The molecule has 4 nitrogen and oxygen atoms in total. The van der Waals surface area contributed by atoms with Gasteiger partial charge in [-0.05, 0) is 38.5 Å². The van der Waals surface area contributed by atoms with Crippen molar-refractivity contribution < 1.29 is 18.3 Å². The molecule has 16 heavy (non-hydrogen) atoms. The monoisotopic (exact) mass is 250 g/mol. The SMILES string of the molecule is CS(=O)(=O)CCC(O)CCC1CCCCO1. The molecule has 1 fully saturated rings. The van der Waals surface area contributed by atoms with E-state index in [9.17, 15) is 13.5 Å². The van der Waals surface area contributed by atoms with E-state index >= 15 is 0 Å². The average Bonchev–Trinajstić information content (AvgIpc) is 2.24. The van der Waals surface area contributed by atoms with E-state index in [-0.39, 0.29) is 11.9 Å². The Balaban J connectivity index is 2.11. The average molecular weight is 250 g/mol. The van der Waals surface area contributed by atoms with Gasteiger partial charge in [-0.15, -0.1) is 0 Å². The van der Waals surface area contributed by atoms with Crippen LogP contribution in [0.15, 0.2) is 0 Å². The summed E-state index contributed by atoms with van der Waals surface area (Å²) in [6, 6.07) is 0. The molecule has 2 unspecified atom stereocenters. The first kappa shape index (κ1) is 13.9. The Hall–Kier alpha value is -0.130. The first-order chi connectivity index (χ1) is 7.47. The van der Waals surface area contributed by atoms with E-state index in [0.717, 1.165) is 25.9 Å². The van der Waals surface area contributed by atoms with Crippen LogP contribution in [0.5, 0.6) is 0 Å². The van der Waals surface area contributed by atoms with E-state index in [1.54, 1.807) is 0 Å². The summed E-state index contributed by atoms with van der Waals surface area (Å²) in [6.45, 7) is 0.824. The molecule has 0 spiro atoms. The normalized spacial score (nSPS) is 24.2. The molecule has 1 N–H and O–H groups in total. The highest BCUT2D eigenvalue weighted by Crippen LogP contribution is 2.18. The van der Waals surface area contributed by atoms with Gasteiger partial charge in [0, 0.05) is 12.9 Å². The largest absolute Gasteiger partial charge is 0.393 e. The van der Waals surface area contributed by atoms with Crippen molar-refractivity contribution >= 4 is 9.84 Å². The van der Waals surface area contributed by atoms with Gasteiger partial charge in [0.05, 0.1) is 18.0 Å². The highest BCUT2D eigenvalue weighted by molar-refractivity contribution is 7.90. The summed E-state index contributed by atoms with van der Waals surface area (Å²) < 4.78 is 27.4. The summed E-state index contributed by atoms with van der Waals surface area (Å²) in [5.41, 5.74) is 0. The Kier molecular flexibility index (Phi) is 5.72. The first-order valence-corrected chi connectivity index (χ1v) is 8.01. The third kappa shape index (κ3) is 6.45. The maximum atomic E-state index is 10.9. The van der Waals surface area contributed by atoms with Gasteiger partial charge in [0.1, 0.15) is 9.84 Å². The molecular formula is C11H22O4S. The minimum atomic E-state index is -2.95. The third-order valence-electron chi connectivity index (χ3n) is 2.92. The molecule has 2 atom stereocenters. The minimum Gasteiger partial charge on any atom is -0.393 e. The van der Waals surface area contributed by atoms with Crippen molar-refractivity contribution in [1.82, 2.24) is 0 Å². The summed E-state index contributed by atoms with van der Waals surface area (Å²) in [6.07, 6.45) is 6.17. The molecule has 1 aliphatic rings. The van der Waals surface area contributed by atoms with Crippen molar-refractivity contribution in [2.75, 3.05) is 18.6 Å². The van der Waals surface area contributed by atoms with Crippen LogP contribution < -0.4 is 0 Å². The lowest BCUT2D eigenvalue weighted by molar-refractivity contribution is 0.00214. The number of rotatable bonds is 6. The van der Waals surface area contributed by atoms with Gasteiger partial charge in [-0.1, -0.05) is 0 Å². The van der Waals surface area contributed by atoms with Gasteiger partial charge in [0.2, 0.25) is 0 Å². The van der Waals surface area contributed by atoms with E-state index in [1.807, 2.05) is 0 Å². The summed E-state index contributed by atoms with van der Waals surface area (Å²) >= 11 is 0. The number of sulfone groups is 1. The lowest BCUT2D eigenvalue weighted by Crippen LogP contribution is -2.22. The summed E-state index contributed by atoms with van der Waals surface area (Å²) in [5, 5.41) is 9.62. The molecule has 0 aromatic carbocycles. The van der Waals surface area contributed by atoms with Crippen molar-refractivity contribution in [2.45, 2.75) is 50.7 Å². The highest BCUT2D eigenvalue weighted by atomic mass is 32.2. The van der Waals surface area contributed by atoms with Crippen LogP contribution in [-0.4, -0.2) is 44.3 Å². The van der Waals surface area contributed by atoms with Gasteiger partial charge < -0.3 is 9.84 Å². The van der Waals surface area contributed by atoms with Gasteiger partial charge in [-0.25, -0.2) is 8.42 Å². The van der Waals surface area contributed by atoms with Crippen molar-refractivity contribution in [1.29, 1.82) is 0 Å². The summed E-state index contributed by atoms with van der Waals surface area (Å²) in [5.74, 6) is 0.0691. The maximum absolute atomic E-state index is 10.9. The van der Waals surface area contributed by atoms with Gasteiger partial charge in [-0.2, -0.15) is 0 Å². The van der Waals surface area contributed by atoms with Crippen LogP contribution in [0, 0.1) is 0 Å². The van der Waals surface area contributed by atoms with Crippen LogP contribution in [0.25, 0.3) is 0 Å². The number of aliphatic hydroxyl groups excluding tert-OH is 1. The lowest BCUT2D eigenvalue weighted by Gasteiger charge is -2.23. The molecule has 1 heterocycles. The zero-order chi connectivity index (χ0) is 12.0. The molecule has 1 aliphatic heterocycles. The van der Waals surface area contributed by atoms with Crippen molar-refractivity contribution in [2.24, 2.45) is 0 Å². The second-order valence-electron chi connectivity index (χ2n) is 4.64. The Morgan fingerprint density at radius 1 is 1.38 bits per heavy atom. The predicted molar refractivity (Wildman–Crippen MR) is 63.2 cm³/mol. The molecule has 0 amide bonds. The third-order valence-corrected chi connectivity index (χ3v) is 3.90. The molecule has 1 rings (SSSR count). The molecule has 0 saturated carbocycles. The van der Waals surface area contributed by atoms with Gasteiger partial charge >= 0.3 is 0 Å². The second-order valence-corrected chi connectivity index (χ2v) is 6.90. The molecule has 1 saturated heterocycles. The standard InChI is InChI=1S/C11H22O4S/c1-16(13,14)9-7-10(12)5-6-11-4-2-3-8-15-11/h10-12H,2-9H2,1H3. The predicted octanol–water partition coefficient (Wildman–Crippen LogP) is 1.13. The molecule has 0 aliphatic carbocycles. The van der Waals surface area contributed by atoms with Crippen LogP contribution in [0.3, 0.4) is 0 Å². The van der Waals surface area contributed by atoms with Gasteiger partial charge in [-0.3, -0.25) is 0 Å². The molecule has 0 bridgehead atoms. The molecule has 0 aromatic rings. The van der Waals surface area contributed by atoms with Crippen LogP contribution in [-0.2, 0) is 14.6 Å². The number of hydrogen-bond donors (Lipinski definition) is 1. The fourth-order valence-corrected chi connectivity index (χ4v) is 2.61. The van der Waals surface area contributed by atoms with Crippen LogP contribution >= 0.6 is 0 Å². The Morgan fingerprint density at radius 3 is 2.69 bits per heavy atom. The zero-order valence-corrected chi connectivity index (χ0v) is 10.7. The van der Waals surface area contributed by atoms with E-state index in [0.29, 0.717) is 12.8 Å². The molecule has 0 radical (unpaired) electrons. The van der Waals surface area contributed by atoms with E-state index < -0.39 is 15.9 Å². The second kappa shape index (κ2) is 6.57. The van der Waals surface area contributed by atoms with Crippen molar-refractivity contribution in [3.63, 3.8) is 0 Å². The molecule has 0 aromatic heterocycles. The van der Waals surface area contributed by atoms with Crippen LogP contribution in [0.2, 0.25) is 0 Å². The molecule has 96 valence electrons. The minimum absolute atomic E-state index is 0.0691. The lowest BCUT2D eigenvalue weighted by atomic mass is 10.0. The maximum Gasteiger partial charge on any atom is 0.147 e. The van der Waals surface area contributed by atoms with Gasteiger partial charge in [0.25, 0.3) is 0 Å². The van der Waals surface area contributed by atoms with E-state index in [1.165, 1.54) is 12.7 Å². The Labute approximate surface area is 97.9 Å². The smallest absolute Gasteiger partial charge is 0.147 e. The zero-order valence-electron chi connectivity index (χ0n) is 9.89. The fourth-order valence-electron chi connectivity index (χ4n) is 1.91. The van der Waals surface area contributed by atoms with Crippen molar-refractivity contribution in [3.8, 4) is 0 Å². The summed E-state index contributed by atoms with van der Waals surface area (Å²) in [4.78, 5) is 0. The first-order valence-electron chi connectivity index (χ1n) is 5.95. The van der Waals surface area contributed by atoms with Crippen molar-refractivity contribution in [3.05, 3.63) is 0 Å². The number of ether oxygens (including phenoxy) is 1. The number of hydrogen-bond acceptors (Lipinski definition) is 4.